The van der Waals surface area contributed by atoms with Crippen molar-refractivity contribution in [1.29, 1.82) is 0 Å². The standard InChI is InChI=1S/C26H31N5O3/c1-19-26(20(2)31(28-19)22-6-4-3-5-7-22)27-25(32)10-11-29-12-14-30(15-13-29)17-21-8-9-23-24(16-21)34-18-33-23/h3-9,16H,10-15,17-18H2,1-2H3,(H,27,32). The molecule has 2 aliphatic rings. The van der Waals surface area contributed by atoms with Crippen molar-refractivity contribution in [1.82, 2.24) is 19.6 Å². The van der Waals surface area contributed by atoms with Crippen LogP contribution in [0.3, 0.4) is 0 Å². The van der Waals surface area contributed by atoms with E-state index in [1.807, 2.05) is 54.9 Å². The number of hydrogen-bond acceptors (Lipinski definition) is 6. The van der Waals surface area contributed by atoms with E-state index in [1.54, 1.807) is 0 Å². The molecule has 178 valence electrons. The van der Waals surface area contributed by atoms with Crippen LogP contribution in [0, 0.1) is 13.8 Å². The maximum atomic E-state index is 12.7. The Morgan fingerprint density at radius 1 is 0.971 bits per heavy atom. The van der Waals surface area contributed by atoms with Crippen LogP contribution in [0.15, 0.2) is 48.5 Å². The minimum absolute atomic E-state index is 0.0293. The minimum atomic E-state index is 0.0293. The molecule has 1 saturated heterocycles. The summed E-state index contributed by atoms with van der Waals surface area (Å²) in [5.74, 6) is 1.69. The number of aromatic nitrogens is 2. The summed E-state index contributed by atoms with van der Waals surface area (Å²) in [6, 6.07) is 16.1. The molecule has 2 aliphatic heterocycles. The van der Waals surface area contributed by atoms with E-state index in [9.17, 15) is 4.79 Å². The number of amides is 1. The third-order valence-corrected chi connectivity index (χ3v) is 6.52. The van der Waals surface area contributed by atoms with Crippen molar-refractivity contribution < 1.29 is 14.3 Å². The molecule has 0 unspecified atom stereocenters. The Bertz CT molecular complexity index is 1150. The number of nitrogens with one attached hydrogen (secondary N) is 1. The molecule has 0 aliphatic carbocycles. The molecule has 0 spiro atoms. The van der Waals surface area contributed by atoms with Crippen LogP contribution in [0.5, 0.6) is 11.5 Å². The Morgan fingerprint density at radius 2 is 1.71 bits per heavy atom. The number of para-hydroxylation sites is 1. The van der Waals surface area contributed by atoms with E-state index < -0.39 is 0 Å². The van der Waals surface area contributed by atoms with Gasteiger partial charge in [0.2, 0.25) is 12.7 Å². The van der Waals surface area contributed by atoms with Gasteiger partial charge in [-0.05, 0) is 43.7 Å². The zero-order valence-corrected chi connectivity index (χ0v) is 19.8. The van der Waals surface area contributed by atoms with Crippen molar-refractivity contribution in [3.63, 3.8) is 0 Å². The zero-order valence-electron chi connectivity index (χ0n) is 19.8. The number of carbonyl (C=O) groups excluding carboxylic acids is 1. The molecule has 0 radical (unpaired) electrons. The molecule has 0 atom stereocenters. The smallest absolute Gasteiger partial charge is 0.231 e. The maximum Gasteiger partial charge on any atom is 0.231 e. The molecule has 1 fully saturated rings. The molecular formula is C26H31N5O3. The van der Waals surface area contributed by atoms with Crippen molar-refractivity contribution in [2.45, 2.75) is 26.8 Å². The first-order chi connectivity index (χ1) is 16.6. The third kappa shape index (κ3) is 4.93. The number of carbonyl (C=O) groups is 1. The monoisotopic (exact) mass is 461 g/mol. The predicted octanol–water partition coefficient (Wildman–Crippen LogP) is 3.36. The Kier molecular flexibility index (Phi) is 6.51. The van der Waals surface area contributed by atoms with Crippen LogP contribution in [0.2, 0.25) is 0 Å². The Labute approximate surface area is 200 Å². The van der Waals surface area contributed by atoms with Crippen molar-refractivity contribution in [2.24, 2.45) is 0 Å². The number of anilines is 1. The number of rotatable bonds is 7. The second-order valence-corrected chi connectivity index (χ2v) is 8.90. The van der Waals surface area contributed by atoms with Gasteiger partial charge in [0.25, 0.3) is 0 Å². The van der Waals surface area contributed by atoms with Gasteiger partial charge < -0.3 is 19.7 Å². The first-order valence-corrected chi connectivity index (χ1v) is 11.8. The summed E-state index contributed by atoms with van der Waals surface area (Å²) in [5, 5.41) is 7.71. The summed E-state index contributed by atoms with van der Waals surface area (Å²) in [6.45, 7) is 9.77. The number of ether oxygens (including phenoxy) is 2. The molecule has 1 N–H and O–H groups in total. The Morgan fingerprint density at radius 3 is 2.50 bits per heavy atom. The number of benzene rings is 2. The second kappa shape index (κ2) is 9.87. The van der Waals surface area contributed by atoms with Crippen LogP contribution in [0.4, 0.5) is 5.69 Å². The van der Waals surface area contributed by atoms with Gasteiger partial charge in [0.15, 0.2) is 11.5 Å². The molecule has 2 aromatic carbocycles. The molecule has 3 aromatic rings. The van der Waals surface area contributed by atoms with Crippen molar-refractivity contribution in [2.75, 3.05) is 44.8 Å². The van der Waals surface area contributed by atoms with E-state index in [4.69, 9.17) is 9.47 Å². The van der Waals surface area contributed by atoms with Crippen LogP contribution < -0.4 is 14.8 Å². The number of hydrogen-bond donors (Lipinski definition) is 1. The molecule has 1 aromatic heterocycles. The summed E-state index contributed by atoms with van der Waals surface area (Å²) in [4.78, 5) is 17.5. The van der Waals surface area contributed by atoms with E-state index in [2.05, 4.69) is 32.3 Å². The summed E-state index contributed by atoms with van der Waals surface area (Å²) in [6.07, 6.45) is 0.470. The first-order valence-electron chi connectivity index (χ1n) is 11.8. The van der Waals surface area contributed by atoms with Crippen LogP contribution in [-0.4, -0.2) is 65.0 Å². The van der Waals surface area contributed by atoms with Crippen LogP contribution >= 0.6 is 0 Å². The number of aryl methyl sites for hydroxylation is 1. The van der Waals surface area contributed by atoms with Gasteiger partial charge in [0, 0.05) is 45.7 Å². The summed E-state index contributed by atoms with van der Waals surface area (Å²) >= 11 is 0. The minimum Gasteiger partial charge on any atom is -0.454 e. The third-order valence-electron chi connectivity index (χ3n) is 6.52. The average Bonchev–Trinajstić information content (AvgIpc) is 3.43. The van der Waals surface area contributed by atoms with Gasteiger partial charge in [0.05, 0.1) is 22.8 Å². The van der Waals surface area contributed by atoms with Gasteiger partial charge in [-0.2, -0.15) is 5.10 Å². The largest absolute Gasteiger partial charge is 0.454 e. The molecule has 3 heterocycles. The maximum absolute atomic E-state index is 12.7. The lowest BCUT2D eigenvalue weighted by atomic mass is 10.1. The van der Waals surface area contributed by atoms with Gasteiger partial charge in [-0.1, -0.05) is 24.3 Å². The Balaban J connectivity index is 1.09. The molecule has 34 heavy (non-hydrogen) atoms. The van der Waals surface area contributed by atoms with Gasteiger partial charge in [-0.25, -0.2) is 4.68 Å². The summed E-state index contributed by atoms with van der Waals surface area (Å²) in [5.41, 5.74) is 4.80. The van der Waals surface area contributed by atoms with E-state index in [0.29, 0.717) is 13.2 Å². The zero-order chi connectivity index (χ0) is 23.5. The van der Waals surface area contributed by atoms with Gasteiger partial charge in [-0.15, -0.1) is 0 Å². The first kappa shape index (κ1) is 22.4. The molecule has 8 nitrogen and oxygen atoms in total. The molecule has 8 heteroatoms. The lowest BCUT2D eigenvalue weighted by Gasteiger charge is -2.34. The summed E-state index contributed by atoms with van der Waals surface area (Å²) in [7, 11) is 0. The SMILES string of the molecule is Cc1nn(-c2ccccc2)c(C)c1NC(=O)CCN1CCN(Cc2ccc3c(c2)OCO3)CC1. The van der Waals surface area contributed by atoms with E-state index in [1.165, 1.54) is 5.56 Å². The van der Waals surface area contributed by atoms with Crippen LogP contribution in [-0.2, 0) is 11.3 Å². The fourth-order valence-corrected chi connectivity index (χ4v) is 4.57. The highest BCUT2D eigenvalue weighted by Gasteiger charge is 2.20. The van der Waals surface area contributed by atoms with Crippen LogP contribution in [0.25, 0.3) is 5.69 Å². The average molecular weight is 462 g/mol. The van der Waals surface area contributed by atoms with Crippen molar-refractivity contribution in [3.05, 3.63) is 65.5 Å². The molecule has 0 saturated carbocycles. The number of piperazine rings is 1. The molecule has 5 rings (SSSR count). The molecular weight excluding hydrogens is 430 g/mol. The quantitative estimate of drug-likeness (QED) is 0.582. The Hall–Kier alpha value is -3.36. The topological polar surface area (TPSA) is 71.9 Å². The lowest BCUT2D eigenvalue weighted by Crippen LogP contribution is -2.46. The van der Waals surface area contributed by atoms with Crippen molar-refractivity contribution in [3.8, 4) is 17.2 Å². The highest BCUT2D eigenvalue weighted by molar-refractivity contribution is 5.92. The van der Waals surface area contributed by atoms with Gasteiger partial charge in [-0.3, -0.25) is 9.69 Å². The molecule has 1 amide bonds. The lowest BCUT2D eigenvalue weighted by molar-refractivity contribution is -0.116. The molecule has 0 bridgehead atoms. The normalized spacial score (nSPS) is 16.1. The fourth-order valence-electron chi connectivity index (χ4n) is 4.57. The van der Waals surface area contributed by atoms with E-state index >= 15 is 0 Å². The van der Waals surface area contributed by atoms with Gasteiger partial charge >= 0.3 is 0 Å². The highest BCUT2D eigenvalue weighted by atomic mass is 16.7. The predicted molar refractivity (Wildman–Crippen MR) is 131 cm³/mol. The van der Waals surface area contributed by atoms with E-state index in [-0.39, 0.29) is 5.91 Å². The van der Waals surface area contributed by atoms with E-state index in [0.717, 1.165) is 73.5 Å². The summed E-state index contributed by atoms with van der Waals surface area (Å²) < 4.78 is 12.8. The number of fused-ring (bicyclic) bond motifs is 1. The van der Waals surface area contributed by atoms with Crippen molar-refractivity contribution >= 4 is 11.6 Å². The highest BCUT2D eigenvalue weighted by Crippen LogP contribution is 2.33. The van der Waals surface area contributed by atoms with Gasteiger partial charge in [0.1, 0.15) is 0 Å². The fraction of sp³-hybridized carbons (Fsp3) is 0.385. The van der Waals surface area contributed by atoms with Crippen LogP contribution in [0.1, 0.15) is 23.4 Å². The second-order valence-electron chi connectivity index (χ2n) is 8.90. The number of nitrogens with zero attached hydrogens (tertiary/aromatic N) is 4.